The highest BCUT2D eigenvalue weighted by Gasteiger charge is 2.55. The summed E-state index contributed by atoms with van der Waals surface area (Å²) >= 11 is 0. The van der Waals surface area contributed by atoms with Gasteiger partial charge in [-0.3, -0.25) is 0 Å². The maximum absolute atomic E-state index is 6.91. The SMILES string of the molecule is NC1(c2ccccc2)C2CC3CC(C2)CC1C3. The zero-order chi connectivity index (χ0) is 11.5. The molecular formula is C16H21N. The molecule has 0 unspecified atom stereocenters. The first kappa shape index (κ1) is 10.1. The van der Waals surface area contributed by atoms with Crippen LogP contribution in [0, 0.1) is 23.7 Å². The van der Waals surface area contributed by atoms with Crippen molar-refractivity contribution in [1.29, 1.82) is 0 Å². The lowest BCUT2D eigenvalue weighted by atomic mass is 9.47. The maximum atomic E-state index is 6.91. The fraction of sp³-hybridized carbons (Fsp3) is 0.625. The molecule has 0 aromatic heterocycles. The average molecular weight is 227 g/mol. The molecular weight excluding hydrogens is 206 g/mol. The molecule has 4 bridgehead atoms. The summed E-state index contributed by atoms with van der Waals surface area (Å²) in [6.07, 6.45) is 7.05. The lowest BCUT2D eigenvalue weighted by Gasteiger charge is -2.60. The molecule has 5 rings (SSSR count). The molecule has 4 aliphatic rings. The van der Waals surface area contributed by atoms with Crippen LogP contribution < -0.4 is 5.73 Å². The molecule has 0 saturated heterocycles. The molecule has 4 fully saturated rings. The number of nitrogens with two attached hydrogens (primary N) is 1. The second kappa shape index (κ2) is 3.35. The van der Waals surface area contributed by atoms with Gasteiger partial charge in [0.1, 0.15) is 0 Å². The molecule has 1 aromatic carbocycles. The Labute approximate surface area is 103 Å². The summed E-state index contributed by atoms with van der Waals surface area (Å²) in [5.74, 6) is 3.50. The van der Waals surface area contributed by atoms with Crippen molar-refractivity contribution in [2.75, 3.05) is 0 Å². The summed E-state index contributed by atoms with van der Waals surface area (Å²) in [4.78, 5) is 0. The van der Waals surface area contributed by atoms with Gasteiger partial charge in [-0.2, -0.15) is 0 Å². The number of hydrogen-bond donors (Lipinski definition) is 1. The van der Waals surface area contributed by atoms with Gasteiger partial charge in [0.25, 0.3) is 0 Å². The van der Waals surface area contributed by atoms with Gasteiger partial charge in [-0.15, -0.1) is 0 Å². The number of rotatable bonds is 1. The van der Waals surface area contributed by atoms with Gasteiger partial charge in [0.15, 0.2) is 0 Å². The Morgan fingerprint density at radius 3 is 1.88 bits per heavy atom. The zero-order valence-electron chi connectivity index (χ0n) is 10.3. The summed E-state index contributed by atoms with van der Waals surface area (Å²) in [5, 5.41) is 0. The molecule has 4 aliphatic carbocycles. The third-order valence-corrected chi connectivity index (χ3v) is 5.76. The molecule has 17 heavy (non-hydrogen) atoms. The molecule has 0 aliphatic heterocycles. The van der Waals surface area contributed by atoms with Crippen molar-refractivity contribution in [2.24, 2.45) is 29.4 Å². The van der Waals surface area contributed by atoms with E-state index in [0.717, 1.165) is 23.7 Å². The molecule has 4 saturated carbocycles. The highest BCUT2D eigenvalue weighted by Crippen LogP contribution is 2.60. The van der Waals surface area contributed by atoms with E-state index in [0.29, 0.717) is 0 Å². The molecule has 1 nitrogen and oxygen atoms in total. The molecule has 0 heterocycles. The topological polar surface area (TPSA) is 26.0 Å². The van der Waals surface area contributed by atoms with Gasteiger partial charge in [0.2, 0.25) is 0 Å². The van der Waals surface area contributed by atoms with Crippen LogP contribution in [-0.2, 0) is 5.54 Å². The largest absolute Gasteiger partial charge is 0.321 e. The molecule has 2 N–H and O–H groups in total. The minimum absolute atomic E-state index is 0.00528. The zero-order valence-corrected chi connectivity index (χ0v) is 10.3. The van der Waals surface area contributed by atoms with Crippen LogP contribution in [-0.4, -0.2) is 0 Å². The van der Waals surface area contributed by atoms with E-state index >= 15 is 0 Å². The second-order valence-corrected chi connectivity index (χ2v) is 6.60. The molecule has 0 amide bonds. The van der Waals surface area contributed by atoms with Crippen molar-refractivity contribution in [3.8, 4) is 0 Å². The number of hydrogen-bond acceptors (Lipinski definition) is 1. The van der Waals surface area contributed by atoms with E-state index in [-0.39, 0.29) is 5.54 Å². The van der Waals surface area contributed by atoms with Gasteiger partial charge in [0.05, 0.1) is 0 Å². The van der Waals surface area contributed by atoms with Crippen LogP contribution in [0.3, 0.4) is 0 Å². The summed E-state index contributed by atoms with van der Waals surface area (Å²) in [6.45, 7) is 0. The minimum Gasteiger partial charge on any atom is -0.321 e. The monoisotopic (exact) mass is 227 g/mol. The molecule has 1 heteroatoms. The van der Waals surface area contributed by atoms with Gasteiger partial charge in [0, 0.05) is 5.54 Å². The first-order valence-electron chi connectivity index (χ1n) is 7.11. The average Bonchev–Trinajstić information content (AvgIpc) is 2.36. The molecule has 0 spiro atoms. The first-order chi connectivity index (χ1) is 8.27. The van der Waals surface area contributed by atoms with Gasteiger partial charge in [-0.25, -0.2) is 0 Å². The first-order valence-corrected chi connectivity index (χ1v) is 7.11. The van der Waals surface area contributed by atoms with E-state index in [1.165, 1.54) is 37.7 Å². The molecule has 0 radical (unpaired) electrons. The lowest BCUT2D eigenvalue weighted by Crippen LogP contribution is -2.60. The fourth-order valence-corrected chi connectivity index (χ4v) is 5.16. The van der Waals surface area contributed by atoms with Crippen LogP contribution in [0.2, 0.25) is 0 Å². The maximum Gasteiger partial charge on any atom is 0.0467 e. The van der Waals surface area contributed by atoms with Crippen molar-refractivity contribution >= 4 is 0 Å². The number of benzene rings is 1. The summed E-state index contributed by atoms with van der Waals surface area (Å²) < 4.78 is 0. The normalized spacial score (nSPS) is 47.4. The van der Waals surface area contributed by atoms with Crippen molar-refractivity contribution < 1.29 is 0 Å². The van der Waals surface area contributed by atoms with E-state index in [1.807, 2.05) is 0 Å². The van der Waals surface area contributed by atoms with Gasteiger partial charge < -0.3 is 5.73 Å². The van der Waals surface area contributed by atoms with E-state index < -0.39 is 0 Å². The Bertz CT molecular complexity index is 394. The van der Waals surface area contributed by atoms with Gasteiger partial charge >= 0.3 is 0 Å². The van der Waals surface area contributed by atoms with E-state index in [1.54, 1.807) is 0 Å². The van der Waals surface area contributed by atoms with Crippen LogP contribution in [0.25, 0.3) is 0 Å². The van der Waals surface area contributed by atoms with Crippen molar-refractivity contribution in [1.82, 2.24) is 0 Å². The Kier molecular flexibility index (Phi) is 2.00. The molecule has 0 atom stereocenters. The summed E-state index contributed by atoms with van der Waals surface area (Å²) in [5.41, 5.74) is 8.30. The highest BCUT2D eigenvalue weighted by molar-refractivity contribution is 5.29. The smallest absolute Gasteiger partial charge is 0.0467 e. The Morgan fingerprint density at radius 1 is 0.824 bits per heavy atom. The van der Waals surface area contributed by atoms with Crippen molar-refractivity contribution in [2.45, 2.75) is 37.6 Å². The highest BCUT2D eigenvalue weighted by atomic mass is 14.8. The van der Waals surface area contributed by atoms with Crippen LogP contribution in [0.4, 0.5) is 0 Å². The molecule has 90 valence electrons. The quantitative estimate of drug-likeness (QED) is 0.782. The van der Waals surface area contributed by atoms with Crippen LogP contribution in [0.1, 0.15) is 37.7 Å². The lowest BCUT2D eigenvalue weighted by molar-refractivity contribution is -0.0584. The Hall–Kier alpha value is -0.820. The third-order valence-electron chi connectivity index (χ3n) is 5.76. The predicted octanol–water partition coefficient (Wildman–Crippen LogP) is 3.30. The van der Waals surface area contributed by atoms with Crippen LogP contribution >= 0.6 is 0 Å². The second-order valence-electron chi connectivity index (χ2n) is 6.60. The standard InChI is InChI=1S/C16H21N/c17-16(13-4-2-1-3-5-13)14-7-11-6-12(9-14)10-15(16)8-11/h1-5,11-12,14-15H,6-10,17H2. The van der Waals surface area contributed by atoms with Crippen LogP contribution in [0.5, 0.6) is 0 Å². The van der Waals surface area contributed by atoms with Gasteiger partial charge in [-0.05, 0) is 61.3 Å². The predicted molar refractivity (Wildman–Crippen MR) is 69.4 cm³/mol. The van der Waals surface area contributed by atoms with Gasteiger partial charge in [-0.1, -0.05) is 30.3 Å². The van der Waals surface area contributed by atoms with E-state index in [9.17, 15) is 0 Å². The third kappa shape index (κ3) is 1.29. The van der Waals surface area contributed by atoms with Crippen LogP contribution in [0.15, 0.2) is 30.3 Å². The fourth-order valence-electron chi connectivity index (χ4n) is 5.16. The van der Waals surface area contributed by atoms with E-state index in [4.69, 9.17) is 5.73 Å². The summed E-state index contributed by atoms with van der Waals surface area (Å²) in [6, 6.07) is 10.9. The van der Waals surface area contributed by atoms with Crippen molar-refractivity contribution in [3.05, 3.63) is 35.9 Å². The molecule has 1 aromatic rings. The minimum atomic E-state index is -0.00528. The van der Waals surface area contributed by atoms with Crippen molar-refractivity contribution in [3.63, 3.8) is 0 Å². The summed E-state index contributed by atoms with van der Waals surface area (Å²) in [7, 11) is 0. The Morgan fingerprint density at radius 2 is 1.35 bits per heavy atom. The van der Waals surface area contributed by atoms with E-state index in [2.05, 4.69) is 30.3 Å². The Balaban J connectivity index is 1.78.